The molecule has 2 rings (SSSR count). The molecule has 0 atom stereocenters. The Bertz CT molecular complexity index is 450. The van der Waals surface area contributed by atoms with Gasteiger partial charge in [-0.15, -0.1) is 0 Å². The lowest BCUT2D eigenvalue weighted by Gasteiger charge is -2.31. The molecule has 3 nitrogen and oxygen atoms in total. The highest BCUT2D eigenvalue weighted by Gasteiger charge is 2.31. The molecule has 110 valence electrons. The van der Waals surface area contributed by atoms with E-state index in [1.165, 1.54) is 17.5 Å². The summed E-state index contributed by atoms with van der Waals surface area (Å²) >= 11 is 0. The van der Waals surface area contributed by atoms with Gasteiger partial charge in [0.1, 0.15) is 0 Å². The van der Waals surface area contributed by atoms with Crippen molar-refractivity contribution in [3.05, 3.63) is 35.4 Å². The van der Waals surface area contributed by atoms with Crippen molar-refractivity contribution < 1.29 is 9.90 Å². The Morgan fingerprint density at radius 2 is 1.95 bits per heavy atom. The van der Waals surface area contributed by atoms with E-state index in [0.29, 0.717) is 6.54 Å². The second-order valence-corrected chi connectivity index (χ2v) is 5.99. The normalized spacial score (nSPS) is 17.7. The molecule has 20 heavy (non-hydrogen) atoms. The largest absolute Gasteiger partial charge is 0.389 e. The highest BCUT2D eigenvalue weighted by atomic mass is 16.3. The molecule has 1 saturated carbocycles. The minimum atomic E-state index is -0.759. The van der Waals surface area contributed by atoms with Crippen molar-refractivity contribution in [2.45, 2.75) is 57.5 Å². The first-order valence-corrected chi connectivity index (χ1v) is 7.63. The van der Waals surface area contributed by atoms with Crippen LogP contribution in [0.5, 0.6) is 0 Å². The molecule has 1 aromatic carbocycles. The average molecular weight is 275 g/mol. The molecule has 0 radical (unpaired) electrons. The van der Waals surface area contributed by atoms with Gasteiger partial charge in [0.05, 0.1) is 12.0 Å². The predicted octanol–water partition coefficient (Wildman–Crippen LogP) is 2.74. The number of aliphatic hydroxyl groups is 1. The Balaban J connectivity index is 1.74. The molecule has 1 amide bonds. The van der Waals surface area contributed by atoms with Crippen molar-refractivity contribution in [3.8, 4) is 0 Å². The van der Waals surface area contributed by atoms with E-state index in [4.69, 9.17) is 0 Å². The first-order chi connectivity index (χ1) is 9.59. The molecule has 3 heteroatoms. The summed E-state index contributed by atoms with van der Waals surface area (Å²) in [6.45, 7) is 2.72. The van der Waals surface area contributed by atoms with Gasteiger partial charge < -0.3 is 10.4 Å². The van der Waals surface area contributed by atoms with Crippen molar-refractivity contribution >= 4 is 5.91 Å². The van der Waals surface area contributed by atoms with Crippen LogP contribution in [0.2, 0.25) is 0 Å². The Morgan fingerprint density at radius 3 is 2.65 bits per heavy atom. The van der Waals surface area contributed by atoms with Gasteiger partial charge in [-0.1, -0.05) is 43.5 Å². The molecule has 0 aliphatic heterocycles. The van der Waals surface area contributed by atoms with Crippen LogP contribution in [-0.2, 0) is 11.2 Å². The van der Waals surface area contributed by atoms with Gasteiger partial charge in [-0.25, -0.2) is 0 Å². The molecule has 2 N–H and O–H groups in total. The average Bonchev–Trinajstić information content (AvgIpc) is 2.41. The number of carbonyl (C=O) groups excluding carboxylic acids is 1. The van der Waals surface area contributed by atoms with Crippen LogP contribution >= 0.6 is 0 Å². The SMILES string of the molecule is Cc1ccccc1CCNC(=O)CC1(O)CCCCC1. The summed E-state index contributed by atoms with van der Waals surface area (Å²) in [5.41, 5.74) is 1.77. The third kappa shape index (κ3) is 4.34. The third-order valence-corrected chi connectivity index (χ3v) is 4.25. The van der Waals surface area contributed by atoms with Crippen LogP contribution < -0.4 is 5.32 Å². The molecule has 0 saturated heterocycles. The van der Waals surface area contributed by atoms with Gasteiger partial charge in [0, 0.05) is 6.54 Å². The van der Waals surface area contributed by atoms with Gasteiger partial charge in [0.2, 0.25) is 5.91 Å². The first kappa shape index (κ1) is 15.0. The van der Waals surface area contributed by atoms with Crippen molar-refractivity contribution in [3.63, 3.8) is 0 Å². The Hall–Kier alpha value is -1.35. The van der Waals surface area contributed by atoms with E-state index in [2.05, 4.69) is 24.4 Å². The minimum Gasteiger partial charge on any atom is -0.389 e. The quantitative estimate of drug-likeness (QED) is 0.868. The zero-order chi connectivity index (χ0) is 14.4. The molecule has 0 spiro atoms. The summed E-state index contributed by atoms with van der Waals surface area (Å²) < 4.78 is 0. The fraction of sp³-hybridized carbons (Fsp3) is 0.588. The zero-order valence-electron chi connectivity index (χ0n) is 12.3. The summed E-state index contributed by atoms with van der Waals surface area (Å²) in [6.07, 6.45) is 5.87. The van der Waals surface area contributed by atoms with Gasteiger partial charge in [-0.3, -0.25) is 4.79 Å². The van der Waals surface area contributed by atoms with Gasteiger partial charge in [-0.05, 0) is 37.3 Å². The number of hydrogen-bond donors (Lipinski definition) is 2. The number of hydrogen-bond acceptors (Lipinski definition) is 2. The van der Waals surface area contributed by atoms with Gasteiger partial charge in [0.15, 0.2) is 0 Å². The van der Waals surface area contributed by atoms with E-state index >= 15 is 0 Å². The summed E-state index contributed by atoms with van der Waals surface area (Å²) in [5.74, 6) is -0.0250. The number of benzene rings is 1. The molecule has 0 heterocycles. The van der Waals surface area contributed by atoms with Gasteiger partial charge >= 0.3 is 0 Å². The first-order valence-electron chi connectivity index (χ1n) is 7.63. The summed E-state index contributed by atoms with van der Waals surface area (Å²) in [4.78, 5) is 11.9. The molecular weight excluding hydrogens is 250 g/mol. The highest BCUT2D eigenvalue weighted by molar-refractivity contribution is 5.77. The number of amides is 1. The fourth-order valence-corrected chi connectivity index (χ4v) is 2.98. The van der Waals surface area contributed by atoms with Crippen LogP contribution in [0.1, 0.15) is 49.7 Å². The minimum absolute atomic E-state index is 0.0250. The van der Waals surface area contributed by atoms with Crippen molar-refractivity contribution in [2.75, 3.05) is 6.54 Å². The zero-order valence-corrected chi connectivity index (χ0v) is 12.3. The predicted molar refractivity (Wildman–Crippen MR) is 80.5 cm³/mol. The molecule has 0 unspecified atom stereocenters. The van der Waals surface area contributed by atoms with Crippen molar-refractivity contribution in [2.24, 2.45) is 0 Å². The van der Waals surface area contributed by atoms with Gasteiger partial charge in [0.25, 0.3) is 0 Å². The Kier molecular flexibility index (Phi) is 5.18. The Labute approximate surface area is 121 Å². The molecule has 1 aromatic rings. The molecule has 1 aliphatic rings. The third-order valence-electron chi connectivity index (χ3n) is 4.25. The van der Waals surface area contributed by atoms with Crippen LogP contribution in [0.25, 0.3) is 0 Å². The number of aryl methyl sites for hydroxylation is 1. The second-order valence-electron chi connectivity index (χ2n) is 5.99. The van der Waals surface area contributed by atoms with E-state index in [1.54, 1.807) is 0 Å². The molecular formula is C17H25NO2. The molecule has 1 fully saturated rings. The molecule has 0 aromatic heterocycles. The van der Waals surface area contributed by atoms with Crippen LogP contribution in [-0.4, -0.2) is 23.2 Å². The van der Waals surface area contributed by atoms with Crippen LogP contribution in [0.3, 0.4) is 0 Å². The lowest BCUT2D eigenvalue weighted by molar-refractivity contribution is -0.127. The maximum Gasteiger partial charge on any atom is 0.222 e. The van der Waals surface area contributed by atoms with E-state index < -0.39 is 5.60 Å². The smallest absolute Gasteiger partial charge is 0.222 e. The Morgan fingerprint density at radius 1 is 1.25 bits per heavy atom. The van der Waals surface area contributed by atoms with Gasteiger partial charge in [-0.2, -0.15) is 0 Å². The van der Waals surface area contributed by atoms with Crippen LogP contribution in [0.15, 0.2) is 24.3 Å². The maximum atomic E-state index is 11.9. The summed E-state index contributed by atoms with van der Waals surface area (Å²) in [5, 5.41) is 13.3. The van der Waals surface area contributed by atoms with Crippen molar-refractivity contribution in [1.29, 1.82) is 0 Å². The summed E-state index contributed by atoms with van der Waals surface area (Å²) in [6, 6.07) is 8.23. The number of carbonyl (C=O) groups is 1. The monoisotopic (exact) mass is 275 g/mol. The molecule has 1 aliphatic carbocycles. The highest BCUT2D eigenvalue weighted by Crippen LogP contribution is 2.30. The lowest BCUT2D eigenvalue weighted by atomic mass is 9.82. The van der Waals surface area contributed by atoms with E-state index in [-0.39, 0.29) is 12.3 Å². The maximum absolute atomic E-state index is 11.9. The van der Waals surface area contributed by atoms with E-state index in [1.807, 2.05) is 12.1 Å². The molecule has 0 bridgehead atoms. The fourth-order valence-electron chi connectivity index (χ4n) is 2.98. The van der Waals surface area contributed by atoms with Crippen molar-refractivity contribution in [1.82, 2.24) is 5.32 Å². The number of nitrogens with one attached hydrogen (secondary N) is 1. The van der Waals surface area contributed by atoms with E-state index in [0.717, 1.165) is 32.1 Å². The number of rotatable bonds is 5. The summed E-state index contributed by atoms with van der Waals surface area (Å²) in [7, 11) is 0. The lowest BCUT2D eigenvalue weighted by Crippen LogP contribution is -2.38. The van der Waals surface area contributed by atoms with Crippen LogP contribution in [0.4, 0.5) is 0 Å². The van der Waals surface area contributed by atoms with E-state index in [9.17, 15) is 9.90 Å². The second kappa shape index (κ2) is 6.89. The standard InChI is InChI=1S/C17H25NO2/c1-14-7-3-4-8-15(14)9-12-18-16(19)13-17(20)10-5-2-6-11-17/h3-4,7-8,20H,2,5-6,9-13H2,1H3,(H,18,19). The topological polar surface area (TPSA) is 49.3 Å². The van der Waals surface area contributed by atoms with Crippen LogP contribution in [0, 0.1) is 6.92 Å².